The van der Waals surface area contributed by atoms with E-state index in [1.54, 1.807) is 0 Å². The number of aromatic nitrogens is 5. The second-order valence-corrected chi connectivity index (χ2v) is 14.1. The minimum absolute atomic E-state index is 0.644. The lowest BCUT2D eigenvalue weighted by atomic mass is 9.96. The van der Waals surface area contributed by atoms with E-state index >= 15 is 0 Å². The highest BCUT2D eigenvalue weighted by Gasteiger charge is 2.23. The highest BCUT2D eigenvalue weighted by Crippen LogP contribution is 2.42. The third kappa shape index (κ3) is 5.21. The molecule has 0 bridgehead atoms. The number of benzene rings is 7. The molecule has 0 saturated carbocycles. The molecule has 262 valence electrons. The summed E-state index contributed by atoms with van der Waals surface area (Å²) < 4.78 is 4.40. The van der Waals surface area contributed by atoms with Crippen molar-refractivity contribution in [3.8, 4) is 62.1 Å². The maximum Gasteiger partial charge on any atom is 0.162 e. The van der Waals surface area contributed by atoms with Crippen molar-refractivity contribution >= 4 is 38.1 Å². The molecule has 4 aromatic heterocycles. The van der Waals surface area contributed by atoms with Gasteiger partial charge in [0.25, 0.3) is 0 Å². The first-order valence-corrected chi connectivity index (χ1v) is 18.9. The van der Waals surface area contributed by atoms with E-state index in [0.717, 1.165) is 78.2 Å². The van der Waals surface area contributed by atoms with Crippen LogP contribution in [-0.2, 0) is 0 Å². The van der Waals surface area contributed by atoms with Crippen LogP contribution in [0.3, 0.4) is 0 Å². The van der Waals surface area contributed by atoms with E-state index in [1.165, 1.54) is 16.2 Å². The molecule has 0 spiro atoms. The standard InChI is InChI=1S/C51H33N5/c1-4-17-34(18-5-1)43-33-47(55-44-29-14-12-27-41(44)42-28-13-15-30-45(42)55)53-51(52-43)39-25-16-24-38(31-39)49-48(36-21-8-3-9-22-36)50-40-26-11-10-23-37(40)32-46(56(50)54-49)35-19-6-2-7-20-35/h1-33H. The molecule has 4 heterocycles. The third-order valence-electron chi connectivity index (χ3n) is 10.7. The van der Waals surface area contributed by atoms with Gasteiger partial charge in [0.15, 0.2) is 5.82 Å². The van der Waals surface area contributed by atoms with Gasteiger partial charge in [-0.3, -0.25) is 4.57 Å². The van der Waals surface area contributed by atoms with E-state index < -0.39 is 0 Å². The zero-order valence-electron chi connectivity index (χ0n) is 30.3. The Labute approximate surface area is 323 Å². The molecule has 7 aromatic carbocycles. The minimum Gasteiger partial charge on any atom is -0.294 e. The molecule has 0 aliphatic heterocycles. The number of hydrogen-bond donors (Lipinski definition) is 0. The molecule has 11 rings (SSSR count). The van der Waals surface area contributed by atoms with Gasteiger partial charge in [-0.25, -0.2) is 14.5 Å². The Morgan fingerprint density at radius 3 is 1.64 bits per heavy atom. The first kappa shape index (κ1) is 31.9. The molecule has 0 unspecified atom stereocenters. The molecule has 0 aliphatic carbocycles. The maximum atomic E-state index is 5.48. The maximum absolute atomic E-state index is 5.48. The quantitative estimate of drug-likeness (QED) is 0.172. The van der Waals surface area contributed by atoms with Crippen molar-refractivity contribution in [1.82, 2.24) is 24.1 Å². The molecular formula is C51H33N5. The van der Waals surface area contributed by atoms with Crippen LogP contribution in [0.4, 0.5) is 0 Å². The fraction of sp³-hybridized carbons (Fsp3) is 0. The Morgan fingerprint density at radius 2 is 0.946 bits per heavy atom. The van der Waals surface area contributed by atoms with E-state index in [2.05, 4.69) is 203 Å². The predicted molar refractivity (Wildman–Crippen MR) is 230 cm³/mol. The zero-order valence-corrected chi connectivity index (χ0v) is 30.3. The Bertz CT molecular complexity index is 3180. The van der Waals surface area contributed by atoms with Gasteiger partial charge in [0.1, 0.15) is 11.5 Å². The summed E-state index contributed by atoms with van der Waals surface area (Å²) >= 11 is 0. The second-order valence-electron chi connectivity index (χ2n) is 14.1. The van der Waals surface area contributed by atoms with Crippen LogP contribution in [0.5, 0.6) is 0 Å². The molecule has 0 radical (unpaired) electrons. The molecule has 0 fully saturated rings. The van der Waals surface area contributed by atoms with Crippen molar-refractivity contribution < 1.29 is 0 Å². The largest absolute Gasteiger partial charge is 0.294 e. The second kappa shape index (κ2) is 13.0. The predicted octanol–water partition coefficient (Wildman–Crippen LogP) is 12.7. The van der Waals surface area contributed by atoms with Crippen molar-refractivity contribution in [1.29, 1.82) is 0 Å². The molecule has 0 atom stereocenters. The number of pyridine rings is 1. The molecule has 0 saturated heterocycles. The van der Waals surface area contributed by atoms with Gasteiger partial charge >= 0.3 is 0 Å². The number of fused-ring (bicyclic) bond motifs is 6. The van der Waals surface area contributed by atoms with Crippen molar-refractivity contribution in [3.05, 3.63) is 200 Å². The summed E-state index contributed by atoms with van der Waals surface area (Å²) in [6.45, 7) is 0. The van der Waals surface area contributed by atoms with Crippen LogP contribution < -0.4 is 0 Å². The zero-order chi connectivity index (χ0) is 37.0. The summed E-state index contributed by atoms with van der Waals surface area (Å²) in [5, 5.41) is 10.2. The molecule has 0 amide bonds. The lowest BCUT2D eigenvalue weighted by molar-refractivity contribution is 0.979. The van der Waals surface area contributed by atoms with Gasteiger partial charge in [0.05, 0.1) is 27.9 Å². The van der Waals surface area contributed by atoms with E-state index in [0.29, 0.717) is 5.82 Å². The average Bonchev–Trinajstić information content (AvgIpc) is 3.85. The van der Waals surface area contributed by atoms with Crippen LogP contribution in [0.15, 0.2) is 200 Å². The van der Waals surface area contributed by atoms with Gasteiger partial charge in [-0.1, -0.05) is 170 Å². The summed E-state index contributed by atoms with van der Waals surface area (Å²) in [5.41, 5.74) is 12.3. The van der Waals surface area contributed by atoms with Gasteiger partial charge in [-0.15, -0.1) is 0 Å². The summed E-state index contributed by atoms with van der Waals surface area (Å²) in [5.74, 6) is 1.46. The fourth-order valence-electron chi connectivity index (χ4n) is 8.19. The topological polar surface area (TPSA) is 48.0 Å². The van der Waals surface area contributed by atoms with Crippen LogP contribution >= 0.6 is 0 Å². The number of rotatable bonds is 6. The molecular weight excluding hydrogens is 683 g/mol. The summed E-state index contributed by atoms with van der Waals surface area (Å²) in [6, 6.07) is 70.1. The Morgan fingerprint density at radius 1 is 0.393 bits per heavy atom. The summed E-state index contributed by atoms with van der Waals surface area (Å²) in [6.07, 6.45) is 0. The third-order valence-corrected chi connectivity index (χ3v) is 10.7. The molecule has 0 N–H and O–H groups in total. The van der Waals surface area contributed by atoms with E-state index in [9.17, 15) is 0 Å². The lowest BCUT2D eigenvalue weighted by Gasteiger charge is -2.12. The molecule has 5 nitrogen and oxygen atoms in total. The monoisotopic (exact) mass is 715 g/mol. The first-order valence-electron chi connectivity index (χ1n) is 18.9. The van der Waals surface area contributed by atoms with Crippen LogP contribution in [0.1, 0.15) is 0 Å². The Balaban J connectivity index is 1.17. The van der Waals surface area contributed by atoms with Gasteiger partial charge in [0.2, 0.25) is 0 Å². The van der Waals surface area contributed by atoms with Gasteiger partial charge < -0.3 is 0 Å². The van der Waals surface area contributed by atoms with E-state index in [4.69, 9.17) is 15.1 Å². The normalized spacial score (nSPS) is 11.6. The van der Waals surface area contributed by atoms with Gasteiger partial charge in [-0.2, -0.15) is 5.10 Å². The van der Waals surface area contributed by atoms with Crippen molar-refractivity contribution in [2.24, 2.45) is 0 Å². The average molecular weight is 716 g/mol. The highest BCUT2D eigenvalue weighted by atomic mass is 15.2. The smallest absolute Gasteiger partial charge is 0.162 e. The molecule has 56 heavy (non-hydrogen) atoms. The van der Waals surface area contributed by atoms with Gasteiger partial charge in [0, 0.05) is 50.0 Å². The molecule has 0 aliphatic rings. The van der Waals surface area contributed by atoms with Crippen molar-refractivity contribution in [2.45, 2.75) is 0 Å². The number of nitrogens with zero attached hydrogens (tertiary/aromatic N) is 5. The molecule has 11 aromatic rings. The number of para-hydroxylation sites is 2. The molecule has 5 heteroatoms. The summed E-state index contributed by atoms with van der Waals surface area (Å²) in [4.78, 5) is 10.6. The fourth-order valence-corrected chi connectivity index (χ4v) is 8.19. The first-order chi connectivity index (χ1) is 27.8. The lowest BCUT2D eigenvalue weighted by Crippen LogP contribution is -2.02. The van der Waals surface area contributed by atoms with E-state index in [1.807, 2.05) is 6.07 Å². The van der Waals surface area contributed by atoms with Crippen LogP contribution in [-0.4, -0.2) is 24.1 Å². The van der Waals surface area contributed by atoms with Crippen LogP contribution in [0.25, 0.3) is 100 Å². The summed E-state index contributed by atoms with van der Waals surface area (Å²) in [7, 11) is 0. The number of hydrogen-bond acceptors (Lipinski definition) is 3. The van der Waals surface area contributed by atoms with Crippen molar-refractivity contribution in [3.63, 3.8) is 0 Å². The Kier molecular flexibility index (Phi) is 7.42. The highest BCUT2D eigenvalue weighted by molar-refractivity contribution is 6.10. The van der Waals surface area contributed by atoms with E-state index in [-0.39, 0.29) is 0 Å². The minimum atomic E-state index is 0.644. The van der Waals surface area contributed by atoms with Crippen LogP contribution in [0, 0.1) is 0 Å². The van der Waals surface area contributed by atoms with Crippen LogP contribution in [0.2, 0.25) is 0 Å². The van der Waals surface area contributed by atoms with Crippen molar-refractivity contribution in [2.75, 3.05) is 0 Å². The Hall–Kier alpha value is -7.63. The SMILES string of the molecule is c1ccc(-c2cc(-n3c4ccccc4c4ccccc43)nc(-c3cccc(-c4nn5c(-c6ccccc6)cc6ccccc6c5c4-c4ccccc4)c3)n2)cc1. The van der Waals surface area contributed by atoms with Gasteiger partial charge in [-0.05, 0) is 35.2 Å².